The van der Waals surface area contributed by atoms with Crippen LogP contribution in [0.3, 0.4) is 0 Å². The fourth-order valence-electron chi connectivity index (χ4n) is 7.97. The zero-order valence-electron chi connectivity index (χ0n) is 24.8. The zero-order chi connectivity index (χ0) is 28.3. The molecule has 0 heterocycles. The Morgan fingerprint density at radius 3 is 2.16 bits per heavy atom. The maximum Gasteiger partial charge on any atom is 0.0862 e. The lowest BCUT2D eigenvalue weighted by Gasteiger charge is -2.45. The van der Waals surface area contributed by atoms with E-state index in [2.05, 4.69) is 25.7 Å². The number of aliphatic hydroxyl groups excluding tert-OH is 3. The molecular weight excluding hydrogens is 476 g/mol. The summed E-state index contributed by atoms with van der Waals surface area (Å²) in [6.45, 7) is 13.9. The van der Waals surface area contributed by atoms with Crippen LogP contribution in [0, 0.1) is 29.1 Å². The number of rotatable bonds is 11. The minimum Gasteiger partial charge on any atom is -0.396 e. The van der Waals surface area contributed by atoms with Gasteiger partial charge in [0.2, 0.25) is 0 Å². The van der Waals surface area contributed by atoms with Crippen molar-refractivity contribution >= 4 is 0 Å². The average molecular weight is 533 g/mol. The molecule has 3 saturated carbocycles. The van der Waals surface area contributed by atoms with Crippen molar-refractivity contribution in [2.45, 2.75) is 135 Å². The molecule has 0 spiro atoms. The molecule has 3 aliphatic carbocycles. The second-order valence-electron chi connectivity index (χ2n) is 14.3. The summed E-state index contributed by atoms with van der Waals surface area (Å²) in [5.74, 6) is 1.23. The minimum atomic E-state index is -0.908. The normalized spacial score (nSPS) is 34.9. The molecule has 5 N–H and O–H groups in total. The number of hydrogen-bond acceptors (Lipinski definition) is 5. The smallest absolute Gasteiger partial charge is 0.0862 e. The molecule has 0 aromatic heterocycles. The van der Waals surface area contributed by atoms with E-state index in [1.807, 2.05) is 27.7 Å². The summed E-state index contributed by atoms with van der Waals surface area (Å²) in [4.78, 5) is 0. The molecule has 6 atom stereocenters. The molecule has 0 amide bonds. The van der Waals surface area contributed by atoms with Crippen molar-refractivity contribution in [3.8, 4) is 0 Å². The van der Waals surface area contributed by atoms with Crippen LogP contribution in [-0.2, 0) is 0 Å². The lowest BCUT2D eigenvalue weighted by molar-refractivity contribution is -0.0105. The molecule has 0 aromatic carbocycles. The average Bonchev–Trinajstić information content (AvgIpc) is 3.15. The van der Waals surface area contributed by atoms with E-state index in [9.17, 15) is 25.5 Å². The predicted octanol–water partition coefficient (Wildman–Crippen LogP) is 5.84. The minimum absolute atomic E-state index is 0.246. The summed E-state index contributed by atoms with van der Waals surface area (Å²) in [5.41, 5.74) is 1.99. The Morgan fingerprint density at radius 2 is 1.61 bits per heavy atom. The molecule has 38 heavy (non-hydrogen) atoms. The Morgan fingerprint density at radius 1 is 1.00 bits per heavy atom. The molecule has 3 aliphatic rings. The van der Waals surface area contributed by atoms with E-state index in [1.165, 1.54) is 31.3 Å². The quantitative estimate of drug-likeness (QED) is 0.230. The third kappa shape index (κ3) is 7.81. The van der Waals surface area contributed by atoms with Crippen LogP contribution in [0.25, 0.3) is 0 Å². The van der Waals surface area contributed by atoms with Crippen LogP contribution in [0.5, 0.6) is 0 Å². The van der Waals surface area contributed by atoms with Gasteiger partial charge in [0.25, 0.3) is 0 Å². The van der Waals surface area contributed by atoms with Crippen LogP contribution in [-0.4, -0.2) is 55.5 Å². The van der Waals surface area contributed by atoms with Gasteiger partial charge in [-0.25, -0.2) is 0 Å². The van der Waals surface area contributed by atoms with E-state index in [0.717, 1.165) is 50.5 Å². The second-order valence-corrected chi connectivity index (χ2v) is 14.3. The summed E-state index contributed by atoms with van der Waals surface area (Å²) in [6.07, 6.45) is 15.0. The topological polar surface area (TPSA) is 101 Å². The third-order valence-electron chi connectivity index (χ3n) is 10.1. The number of aliphatic hydroxyl groups is 5. The first-order chi connectivity index (χ1) is 17.7. The van der Waals surface area contributed by atoms with Gasteiger partial charge in [-0.05, 0) is 113 Å². The number of hydrogen-bond donors (Lipinski definition) is 5. The molecule has 0 bridgehead atoms. The van der Waals surface area contributed by atoms with Crippen molar-refractivity contribution in [2.75, 3.05) is 6.61 Å². The van der Waals surface area contributed by atoms with Gasteiger partial charge in [0.15, 0.2) is 0 Å². The highest BCUT2D eigenvalue weighted by Gasteiger charge is 2.51. The molecular formula is C33H56O5. The Kier molecular flexibility index (Phi) is 10.5. The van der Waals surface area contributed by atoms with Crippen LogP contribution in [0.1, 0.15) is 112 Å². The highest BCUT2D eigenvalue weighted by molar-refractivity contribution is 5.39. The first-order valence-corrected chi connectivity index (χ1v) is 15.2. The van der Waals surface area contributed by atoms with E-state index in [-0.39, 0.29) is 12.0 Å². The lowest BCUT2D eigenvalue weighted by Crippen LogP contribution is -2.40. The SMILES string of the molecule is C=C1/C(=C\C=C2/CCC[C@]3(C)[C@@H](C(CCCC(C)(C)O)CCCC(C)(C)O)CC[C@@H]23)C[C@@H](O)[C@H](CO)[C@@H]1O. The fraction of sp³-hybridized carbons (Fsp3) is 0.818. The highest BCUT2D eigenvalue weighted by atomic mass is 16.3. The van der Waals surface area contributed by atoms with Gasteiger partial charge in [0.05, 0.1) is 30.0 Å². The van der Waals surface area contributed by atoms with Crippen LogP contribution in [0.2, 0.25) is 0 Å². The predicted molar refractivity (Wildman–Crippen MR) is 154 cm³/mol. The summed E-state index contributed by atoms with van der Waals surface area (Å²) < 4.78 is 0. The van der Waals surface area contributed by atoms with Gasteiger partial charge in [-0.2, -0.15) is 0 Å². The van der Waals surface area contributed by atoms with Gasteiger partial charge >= 0.3 is 0 Å². The van der Waals surface area contributed by atoms with Gasteiger partial charge in [-0.15, -0.1) is 0 Å². The molecule has 5 heteroatoms. The molecule has 5 nitrogen and oxygen atoms in total. The highest BCUT2D eigenvalue weighted by Crippen LogP contribution is 2.60. The Balaban J connectivity index is 1.77. The van der Waals surface area contributed by atoms with Gasteiger partial charge in [-0.3, -0.25) is 0 Å². The van der Waals surface area contributed by atoms with Crippen LogP contribution < -0.4 is 0 Å². The van der Waals surface area contributed by atoms with Crippen LogP contribution in [0.15, 0.2) is 35.5 Å². The Bertz CT molecular complexity index is 840. The fourth-order valence-corrected chi connectivity index (χ4v) is 7.97. The first-order valence-electron chi connectivity index (χ1n) is 15.2. The molecule has 218 valence electrons. The van der Waals surface area contributed by atoms with Crippen molar-refractivity contribution in [1.82, 2.24) is 0 Å². The molecule has 0 aliphatic heterocycles. The summed E-state index contributed by atoms with van der Waals surface area (Å²) in [6, 6.07) is 0. The molecule has 3 fully saturated rings. The van der Waals surface area contributed by atoms with E-state index < -0.39 is 29.3 Å². The molecule has 0 unspecified atom stereocenters. The third-order valence-corrected chi connectivity index (χ3v) is 10.1. The number of allylic oxidation sites excluding steroid dienone is 3. The van der Waals surface area contributed by atoms with Crippen molar-refractivity contribution in [3.63, 3.8) is 0 Å². The molecule has 0 radical (unpaired) electrons. The van der Waals surface area contributed by atoms with Crippen molar-refractivity contribution < 1.29 is 25.5 Å². The van der Waals surface area contributed by atoms with Gasteiger partial charge in [0, 0.05) is 5.92 Å². The first kappa shape index (κ1) is 31.5. The van der Waals surface area contributed by atoms with Crippen molar-refractivity contribution in [1.29, 1.82) is 0 Å². The lowest BCUT2D eigenvalue weighted by atomic mass is 9.60. The van der Waals surface area contributed by atoms with Gasteiger partial charge < -0.3 is 25.5 Å². The monoisotopic (exact) mass is 532 g/mol. The molecule has 3 rings (SSSR count). The van der Waals surface area contributed by atoms with Crippen molar-refractivity contribution in [2.24, 2.45) is 29.1 Å². The van der Waals surface area contributed by atoms with E-state index in [4.69, 9.17) is 0 Å². The Hall–Kier alpha value is -0.980. The zero-order valence-corrected chi connectivity index (χ0v) is 24.8. The summed E-state index contributed by atoms with van der Waals surface area (Å²) in [7, 11) is 0. The van der Waals surface area contributed by atoms with Crippen LogP contribution >= 0.6 is 0 Å². The Labute approximate surface area is 231 Å². The summed E-state index contributed by atoms with van der Waals surface area (Å²) in [5, 5.41) is 51.1. The number of fused-ring (bicyclic) bond motifs is 1. The largest absolute Gasteiger partial charge is 0.396 e. The maximum atomic E-state index is 10.5. The van der Waals surface area contributed by atoms with Crippen molar-refractivity contribution in [3.05, 3.63) is 35.5 Å². The maximum absolute atomic E-state index is 10.5. The van der Waals surface area contributed by atoms with E-state index >= 15 is 0 Å². The van der Waals surface area contributed by atoms with Gasteiger partial charge in [0.1, 0.15) is 0 Å². The van der Waals surface area contributed by atoms with Crippen LogP contribution in [0.4, 0.5) is 0 Å². The second kappa shape index (κ2) is 12.7. The molecule has 0 saturated heterocycles. The summed E-state index contributed by atoms with van der Waals surface area (Å²) >= 11 is 0. The van der Waals surface area contributed by atoms with E-state index in [1.54, 1.807) is 0 Å². The standard InChI is InChI=1S/C33H56O5/c1-22-25(20-29(35)26(21-34)30(22)36)14-13-24-12-9-19-33(6)27(15-16-28(24)33)23(10-7-17-31(2,3)37)11-8-18-32(4,5)38/h13-14,23,26-30,34-38H,1,7-12,15-21H2,2-6H3/b24-13+,25-14-/t26-,27+,28-,29+,30+,33+/m0/s1. The van der Waals surface area contributed by atoms with Gasteiger partial charge in [-0.1, -0.05) is 56.9 Å². The molecule has 0 aromatic rings. The van der Waals surface area contributed by atoms with E-state index in [0.29, 0.717) is 29.7 Å².